The topological polar surface area (TPSA) is 37.3 Å². The normalized spacial score (nSPS) is 42.3. The molecular weight excluding hydrogens is 356 g/mol. The number of rotatable bonds is 5. The number of fused-ring (bicyclic) bond motifs is 5. The number of ketones is 1. The van der Waals surface area contributed by atoms with Crippen LogP contribution in [0.15, 0.2) is 23.3 Å². The lowest BCUT2D eigenvalue weighted by Crippen LogP contribution is -2.50. The third kappa shape index (κ3) is 3.58. The third-order valence-electron chi connectivity index (χ3n) is 9.74. The average molecular weight is 399 g/mol. The first-order valence-electron chi connectivity index (χ1n) is 12.3. The number of carbonyl (C=O) groups excluding carboxylic acids is 1. The Labute approximate surface area is 178 Å². The van der Waals surface area contributed by atoms with Gasteiger partial charge in [0.1, 0.15) is 0 Å². The highest BCUT2D eigenvalue weighted by molar-refractivity contribution is 5.91. The van der Waals surface area contributed by atoms with Crippen LogP contribution >= 0.6 is 0 Å². The van der Waals surface area contributed by atoms with Crippen molar-refractivity contribution in [1.29, 1.82) is 0 Å². The maximum absolute atomic E-state index is 12.0. The molecule has 2 heteroatoms. The molecule has 0 aromatic heterocycles. The Balaban J connectivity index is 1.56. The number of allylic oxidation sites excluding steroid dienone is 2. The van der Waals surface area contributed by atoms with E-state index in [1.165, 1.54) is 49.7 Å². The second-order valence-electron chi connectivity index (χ2n) is 11.6. The molecule has 29 heavy (non-hydrogen) atoms. The Morgan fingerprint density at radius 3 is 2.66 bits per heavy atom. The van der Waals surface area contributed by atoms with Crippen LogP contribution in [0.5, 0.6) is 0 Å². The van der Waals surface area contributed by atoms with Crippen LogP contribution < -0.4 is 0 Å². The molecule has 4 aliphatic carbocycles. The quantitative estimate of drug-likeness (QED) is 0.537. The van der Waals surface area contributed by atoms with Gasteiger partial charge in [-0.3, -0.25) is 4.79 Å². The first kappa shape index (κ1) is 21.3. The summed E-state index contributed by atoms with van der Waals surface area (Å²) < 4.78 is 0. The summed E-state index contributed by atoms with van der Waals surface area (Å²) >= 11 is 0. The van der Waals surface area contributed by atoms with Crippen molar-refractivity contribution in [3.05, 3.63) is 23.3 Å². The van der Waals surface area contributed by atoms with Gasteiger partial charge in [0.15, 0.2) is 5.78 Å². The van der Waals surface area contributed by atoms with Crippen molar-refractivity contribution in [2.45, 2.75) is 91.9 Å². The Morgan fingerprint density at radius 1 is 1.14 bits per heavy atom. The fraction of sp³-hybridized carbons (Fsp3) is 0.815. The average Bonchev–Trinajstić information content (AvgIpc) is 3.03. The third-order valence-corrected chi connectivity index (χ3v) is 9.74. The predicted octanol–water partition coefficient (Wildman–Crippen LogP) is 6.49. The van der Waals surface area contributed by atoms with Crippen LogP contribution in [0, 0.1) is 40.4 Å². The van der Waals surface area contributed by atoms with Crippen molar-refractivity contribution >= 4 is 5.78 Å². The second-order valence-corrected chi connectivity index (χ2v) is 11.6. The van der Waals surface area contributed by atoms with Gasteiger partial charge in [-0.05, 0) is 110 Å². The number of hydrogen-bond donors (Lipinski definition) is 1. The molecule has 3 saturated carbocycles. The second kappa shape index (κ2) is 7.98. The lowest BCUT2D eigenvalue weighted by Gasteiger charge is -2.58. The summed E-state index contributed by atoms with van der Waals surface area (Å²) in [4.78, 5) is 12.0. The van der Waals surface area contributed by atoms with E-state index in [0.29, 0.717) is 17.1 Å². The van der Waals surface area contributed by atoms with Gasteiger partial charge < -0.3 is 5.11 Å². The lowest BCUT2D eigenvalue weighted by atomic mass is 9.46. The summed E-state index contributed by atoms with van der Waals surface area (Å²) in [5.41, 5.74) is 3.43. The number of aliphatic hydroxyl groups is 1. The predicted molar refractivity (Wildman–Crippen MR) is 119 cm³/mol. The minimum Gasteiger partial charge on any atom is -0.392 e. The highest BCUT2D eigenvalue weighted by Crippen LogP contribution is 2.67. The van der Waals surface area contributed by atoms with Crippen LogP contribution in [0.25, 0.3) is 0 Å². The van der Waals surface area contributed by atoms with E-state index in [0.717, 1.165) is 49.4 Å². The van der Waals surface area contributed by atoms with E-state index in [-0.39, 0.29) is 12.0 Å². The summed E-state index contributed by atoms with van der Waals surface area (Å²) in [6, 6.07) is 0. The van der Waals surface area contributed by atoms with Crippen LogP contribution in [0.1, 0.15) is 91.9 Å². The largest absolute Gasteiger partial charge is 0.392 e. The first-order chi connectivity index (χ1) is 13.8. The number of carbonyl (C=O) groups is 1. The molecule has 0 amide bonds. The number of hydrogen-bond acceptors (Lipinski definition) is 2. The molecule has 162 valence electrons. The van der Waals surface area contributed by atoms with Crippen LogP contribution in [-0.4, -0.2) is 17.5 Å². The number of aliphatic hydroxyl groups excluding tert-OH is 1. The zero-order valence-electron chi connectivity index (χ0n) is 19.2. The summed E-state index contributed by atoms with van der Waals surface area (Å²) in [5.74, 6) is 4.02. The van der Waals surface area contributed by atoms with E-state index < -0.39 is 0 Å². The van der Waals surface area contributed by atoms with Gasteiger partial charge >= 0.3 is 0 Å². The Bertz CT molecular complexity index is 701. The maximum atomic E-state index is 12.0. The molecule has 0 saturated heterocycles. The summed E-state index contributed by atoms with van der Waals surface area (Å²) in [6.45, 7) is 9.83. The van der Waals surface area contributed by atoms with Crippen molar-refractivity contribution in [2.75, 3.05) is 6.61 Å². The fourth-order valence-electron chi connectivity index (χ4n) is 8.09. The molecule has 0 aromatic carbocycles. The minimum atomic E-state index is 0.242. The molecule has 4 rings (SSSR count). The van der Waals surface area contributed by atoms with Gasteiger partial charge in [0, 0.05) is 6.42 Å². The molecule has 4 aliphatic rings. The van der Waals surface area contributed by atoms with E-state index in [1.54, 1.807) is 0 Å². The molecule has 0 bridgehead atoms. The van der Waals surface area contributed by atoms with E-state index in [4.69, 9.17) is 0 Å². The fourth-order valence-corrected chi connectivity index (χ4v) is 8.09. The van der Waals surface area contributed by atoms with E-state index in [1.807, 2.05) is 6.08 Å². The van der Waals surface area contributed by atoms with Crippen LogP contribution in [0.2, 0.25) is 0 Å². The highest BCUT2D eigenvalue weighted by atomic mass is 16.3. The van der Waals surface area contributed by atoms with Crippen LogP contribution in [0.4, 0.5) is 0 Å². The summed E-state index contributed by atoms with van der Waals surface area (Å²) in [6.07, 6.45) is 16.2. The van der Waals surface area contributed by atoms with Gasteiger partial charge in [0.25, 0.3) is 0 Å². The van der Waals surface area contributed by atoms with Crippen molar-refractivity contribution in [2.24, 2.45) is 40.4 Å². The van der Waals surface area contributed by atoms with Crippen molar-refractivity contribution in [3.8, 4) is 0 Å². The Hall–Kier alpha value is -0.890. The SMILES string of the molecule is CC(C)CC/C=C(/CO)[C@H]1CC[C@H]2[C@@H]3CCC4=CC(=O)CC[C@]4(C)[C@H]3CC[C@]12C. The van der Waals surface area contributed by atoms with Gasteiger partial charge in [-0.15, -0.1) is 0 Å². The van der Waals surface area contributed by atoms with Crippen molar-refractivity contribution < 1.29 is 9.90 Å². The van der Waals surface area contributed by atoms with Gasteiger partial charge in [-0.2, -0.15) is 0 Å². The van der Waals surface area contributed by atoms with Crippen molar-refractivity contribution in [3.63, 3.8) is 0 Å². The van der Waals surface area contributed by atoms with Gasteiger partial charge in [-0.25, -0.2) is 0 Å². The lowest BCUT2D eigenvalue weighted by molar-refractivity contribution is -0.117. The molecule has 1 N–H and O–H groups in total. The molecule has 0 aromatic rings. The van der Waals surface area contributed by atoms with Gasteiger partial charge in [0.05, 0.1) is 6.61 Å². The standard InChI is InChI=1S/C27H42O2/c1-18(2)6-5-7-19(17-28)23-10-11-24-22-9-8-20-16-21(29)12-14-26(20,3)25(22)13-15-27(23,24)4/h7,16,18,22-25,28H,5-6,8-15,17H2,1-4H3/b19-7-/t22-,23+,24-,25-,26-,27+/m0/s1. The van der Waals surface area contributed by atoms with Gasteiger partial charge in [0.2, 0.25) is 0 Å². The zero-order chi connectivity index (χ0) is 20.8. The maximum Gasteiger partial charge on any atom is 0.155 e. The Morgan fingerprint density at radius 2 is 1.93 bits per heavy atom. The van der Waals surface area contributed by atoms with E-state index in [9.17, 15) is 9.90 Å². The monoisotopic (exact) mass is 398 g/mol. The zero-order valence-corrected chi connectivity index (χ0v) is 19.2. The molecule has 0 spiro atoms. The van der Waals surface area contributed by atoms with Crippen LogP contribution in [-0.2, 0) is 4.79 Å². The molecule has 0 radical (unpaired) electrons. The summed E-state index contributed by atoms with van der Waals surface area (Å²) in [5, 5.41) is 10.2. The van der Waals surface area contributed by atoms with Crippen LogP contribution in [0.3, 0.4) is 0 Å². The first-order valence-corrected chi connectivity index (χ1v) is 12.3. The highest BCUT2D eigenvalue weighted by Gasteiger charge is 2.59. The minimum absolute atomic E-state index is 0.242. The van der Waals surface area contributed by atoms with Crippen molar-refractivity contribution in [1.82, 2.24) is 0 Å². The van der Waals surface area contributed by atoms with E-state index in [2.05, 4.69) is 33.8 Å². The molecule has 2 nitrogen and oxygen atoms in total. The molecule has 0 heterocycles. The van der Waals surface area contributed by atoms with Gasteiger partial charge in [-0.1, -0.05) is 39.3 Å². The molecule has 6 atom stereocenters. The van der Waals surface area contributed by atoms with E-state index >= 15 is 0 Å². The molecule has 3 fully saturated rings. The summed E-state index contributed by atoms with van der Waals surface area (Å²) in [7, 11) is 0. The Kier molecular flexibility index (Phi) is 5.88. The molecular formula is C27H42O2. The molecule has 0 unspecified atom stereocenters. The molecule has 0 aliphatic heterocycles. The smallest absolute Gasteiger partial charge is 0.155 e.